The molecule has 1 heterocycles. The maximum Gasteiger partial charge on any atom is 0.307 e. The fourth-order valence-electron chi connectivity index (χ4n) is 2.73. The molecule has 0 bridgehead atoms. The van der Waals surface area contributed by atoms with Gasteiger partial charge < -0.3 is 5.32 Å². The quantitative estimate of drug-likeness (QED) is 0.673. The Kier molecular flexibility index (Phi) is 4.06. The summed E-state index contributed by atoms with van der Waals surface area (Å²) in [5.41, 5.74) is -0.288. The highest BCUT2D eigenvalue weighted by molar-refractivity contribution is 5.76. The molecule has 0 unspecified atom stereocenters. The van der Waals surface area contributed by atoms with Crippen molar-refractivity contribution in [1.82, 2.24) is 15.1 Å². The van der Waals surface area contributed by atoms with Gasteiger partial charge in [0.1, 0.15) is 18.9 Å². The molecule has 2 rings (SSSR count). The van der Waals surface area contributed by atoms with Gasteiger partial charge >= 0.3 is 5.69 Å². The summed E-state index contributed by atoms with van der Waals surface area (Å²) in [5, 5.41) is 17.5. The molecule has 1 aromatic rings. The highest BCUT2D eigenvalue weighted by Crippen LogP contribution is 2.33. The summed E-state index contributed by atoms with van der Waals surface area (Å²) in [4.78, 5) is 22.1. The summed E-state index contributed by atoms with van der Waals surface area (Å²) >= 11 is 0. The van der Waals surface area contributed by atoms with E-state index in [9.17, 15) is 14.9 Å². The number of nitro groups is 1. The fourth-order valence-corrected chi connectivity index (χ4v) is 2.73. The lowest BCUT2D eigenvalue weighted by Crippen LogP contribution is -2.53. The summed E-state index contributed by atoms with van der Waals surface area (Å²) < 4.78 is 1.30. The Labute approximate surface area is 117 Å². The third-order valence-electron chi connectivity index (χ3n) is 4.23. The molecule has 1 saturated carbocycles. The molecule has 1 N–H and O–H groups in total. The first-order valence-corrected chi connectivity index (χ1v) is 6.88. The molecule has 1 aliphatic rings. The Morgan fingerprint density at radius 2 is 2.40 bits per heavy atom. The average molecular weight is 280 g/mol. The van der Waals surface area contributed by atoms with Crippen LogP contribution >= 0.6 is 0 Å². The lowest BCUT2D eigenvalue weighted by molar-refractivity contribution is -0.385. The van der Waals surface area contributed by atoms with Gasteiger partial charge in [-0.1, -0.05) is 19.8 Å². The number of hydrogen-bond acceptors (Lipinski definition) is 4. The van der Waals surface area contributed by atoms with Gasteiger partial charge in [0.15, 0.2) is 0 Å². The van der Waals surface area contributed by atoms with E-state index in [4.69, 9.17) is 0 Å². The molecule has 0 saturated heterocycles. The second kappa shape index (κ2) is 5.60. The van der Waals surface area contributed by atoms with E-state index in [0.717, 1.165) is 25.5 Å². The van der Waals surface area contributed by atoms with Crippen molar-refractivity contribution in [2.75, 3.05) is 0 Å². The number of rotatable bonds is 4. The van der Waals surface area contributed by atoms with Gasteiger partial charge in [-0.15, -0.1) is 0 Å². The zero-order valence-electron chi connectivity index (χ0n) is 11.8. The Hall–Kier alpha value is -1.92. The summed E-state index contributed by atoms with van der Waals surface area (Å²) in [5.74, 6) is 0.284. The monoisotopic (exact) mass is 280 g/mol. The highest BCUT2D eigenvalue weighted by atomic mass is 16.6. The van der Waals surface area contributed by atoms with Gasteiger partial charge in [0.05, 0.1) is 4.92 Å². The van der Waals surface area contributed by atoms with E-state index < -0.39 is 4.92 Å². The summed E-state index contributed by atoms with van der Waals surface area (Å²) in [6, 6.07) is 0. The number of nitrogens with zero attached hydrogens (tertiary/aromatic N) is 3. The maximum atomic E-state index is 12.1. The van der Waals surface area contributed by atoms with Crippen molar-refractivity contribution in [1.29, 1.82) is 0 Å². The van der Waals surface area contributed by atoms with Crippen molar-refractivity contribution >= 4 is 11.6 Å². The number of nitrogens with one attached hydrogen (secondary N) is 1. The second-order valence-corrected chi connectivity index (χ2v) is 5.77. The van der Waals surface area contributed by atoms with E-state index >= 15 is 0 Å². The molecule has 1 fully saturated rings. The van der Waals surface area contributed by atoms with Crippen LogP contribution in [0.25, 0.3) is 0 Å². The molecule has 1 aliphatic carbocycles. The van der Waals surface area contributed by atoms with Crippen molar-refractivity contribution in [2.24, 2.45) is 5.92 Å². The van der Waals surface area contributed by atoms with Gasteiger partial charge in [0.25, 0.3) is 0 Å². The van der Waals surface area contributed by atoms with Crippen molar-refractivity contribution in [3.05, 3.63) is 22.5 Å². The van der Waals surface area contributed by atoms with Gasteiger partial charge in [0, 0.05) is 5.54 Å². The first-order chi connectivity index (χ1) is 9.40. The predicted molar refractivity (Wildman–Crippen MR) is 73.1 cm³/mol. The molecule has 1 amide bonds. The van der Waals surface area contributed by atoms with Crippen LogP contribution in [0, 0.1) is 16.0 Å². The minimum Gasteiger partial charge on any atom is -0.349 e. The van der Waals surface area contributed by atoms with Crippen LogP contribution in [0.4, 0.5) is 5.69 Å². The minimum absolute atomic E-state index is 0.0101. The lowest BCUT2D eigenvalue weighted by atomic mass is 9.75. The molecule has 0 spiro atoms. The first-order valence-electron chi connectivity index (χ1n) is 6.88. The number of aromatic nitrogens is 2. The number of carbonyl (C=O) groups excluding carboxylic acids is 1. The van der Waals surface area contributed by atoms with Crippen LogP contribution in [0.1, 0.15) is 39.5 Å². The number of hydrogen-bond donors (Lipinski definition) is 1. The topological polar surface area (TPSA) is 90.1 Å². The van der Waals surface area contributed by atoms with Crippen molar-refractivity contribution < 1.29 is 9.72 Å². The zero-order chi connectivity index (χ0) is 14.8. The summed E-state index contributed by atoms with van der Waals surface area (Å²) in [7, 11) is 0. The van der Waals surface area contributed by atoms with Crippen molar-refractivity contribution in [3.8, 4) is 0 Å². The van der Waals surface area contributed by atoms with E-state index in [1.807, 2.05) is 0 Å². The molecule has 2 atom stereocenters. The van der Waals surface area contributed by atoms with Crippen LogP contribution in [-0.2, 0) is 11.3 Å². The molecule has 0 radical (unpaired) electrons. The Balaban J connectivity index is 1.96. The van der Waals surface area contributed by atoms with Gasteiger partial charge in [0.2, 0.25) is 5.91 Å². The molecular weight excluding hydrogens is 260 g/mol. The molecule has 7 nitrogen and oxygen atoms in total. The summed E-state index contributed by atoms with van der Waals surface area (Å²) in [6.07, 6.45) is 6.83. The van der Waals surface area contributed by atoms with Crippen LogP contribution < -0.4 is 5.32 Å². The summed E-state index contributed by atoms with van der Waals surface area (Å²) in [6.45, 7) is 4.23. The smallest absolute Gasteiger partial charge is 0.307 e. The Bertz CT molecular complexity index is 513. The first kappa shape index (κ1) is 14.5. The molecule has 110 valence electrons. The molecule has 1 aromatic heterocycles. The highest BCUT2D eigenvalue weighted by Gasteiger charge is 2.34. The SMILES string of the molecule is C[C@H]1CCCC[C@@]1(C)NC(=O)Cn1cc([N+](=O)[O-])cn1. The van der Waals surface area contributed by atoms with Crippen LogP contribution in [0.15, 0.2) is 12.4 Å². The van der Waals surface area contributed by atoms with E-state index in [0.29, 0.717) is 5.92 Å². The number of amides is 1. The van der Waals surface area contributed by atoms with Gasteiger partial charge in [-0.05, 0) is 25.7 Å². The maximum absolute atomic E-state index is 12.1. The van der Waals surface area contributed by atoms with E-state index in [1.54, 1.807) is 0 Å². The number of carbonyl (C=O) groups is 1. The molecule has 7 heteroatoms. The van der Waals surface area contributed by atoms with Crippen LogP contribution in [-0.4, -0.2) is 26.1 Å². The lowest BCUT2D eigenvalue weighted by Gasteiger charge is -2.40. The second-order valence-electron chi connectivity index (χ2n) is 5.77. The van der Waals surface area contributed by atoms with Crippen molar-refractivity contribution in [3.63, 3.8) is 0 Å². The fraction of sp³-hybridized carbons (Fsp3) is 0.692. The molecular formula is C13H20N4O3. The Morgan fingerprint density at radius 1 is 1.65 bits per heavy atom. The van der Waals surface area contributed by atoms with E-state index in [1.165, 1.54) is 17.3 Å². The van der Waals surface area contributed by atoms with Gasteiger partial charge in [-0.2, -0.15) is 5.10 Å². The van der Waals surface area contributed by atoms with Gasteiger partial charge in [-0.3, -0.25) is 19.6 Å². The normalized spacial score (nSPS) is 26.2. The molecule has 0 aliphatic heterocycles. The Morgan fingerprint density at radius 3 is 3.00 bits per heavy atom. The van der Waals surface area contributed by atoms with Crippen LogP contribution in [0.2, 0.25) is 0 Å². The zero-order valence-corrected chi connectivity index (χ0v) is 11.8. The van der Waals surface area contributed by atoms with E-state index in [2.05, 4.69) is 24.3 Å². The standard InChI is InChI=1S/C13H20N4O3/c1-10-5-3-4-6-13(10,2)15-12(18)9-16-8-11(7-14-16)17(19)20/h7-8,10H,3-6,9H2,1-2H3,(H,15,18)/t10-,13+/m0/s1. The van der Waals surface area contributed by atoms with Gasteiger partial charge in [-0.25, -0.2) is 0 Å². The molecule has 0 aromatic carbocycles. The minimum atomic E-state index is -0.522. The molecule has 20 heavy (non-hydrogen) atoms. The predicted octanol–water partition coefficient (Wildman–Crippen LogP) is 1.88. The largest absolute Gasteiger partial charge is 0.349 e. The third-order valence-corrected chi connectivity index (χ3v) is 4.23. The van der Waals surface area contributed by atoms with Crippen LogP contribution in [0.5, 0.6) is 0 Å². The van der Waals surface area contributed by atoms with E-state index in [-0.39, 0.29) is 23.7 Å². The van der Waals surface area contributed by atoms with Crippen LogP contribution in [0.3, 0.4) is 0 Å². The third kappa shape index (κ3) is 3.15. The van der Waals surface area contributed by atoms with Crippen molar-refractivity contribution in [2.45, 2.75) is 51.6 Å². The average Bonchev–Trinajstić information content (AvgIpc) is 2.81.